The van der Waals surface area contributed by atoms with E-state index in [0.29, 0.717) is 0 Å². The molecule has 9 N–H and O–H groups in total. The van der Waals surface area contributed by atoms with Gasteiger partial charge in [-0.1, -0.05) is 0 Å². The lowest BCUT2D eigenvalue weighted by molar-refractivity contribution is -0.138. The number of aliphatic carboxylic acids is 1. The highest BCUT2D eigenvalue weighted by Gasteiger charge is 2.20. The Bertz CT molecular complexity index is 345. The maximum absolute atomic E-state index is 10.3. The largest absolute Gasteiger partial charge is 0.480 e. The number of nitrogens with two attached hydrogens (primary N) is 2. The summed E-state index contributed by atoms with van der Waals surface area (Å²) in [5.41, 5.74) is 9.93. The molecule has 1 rings (SSSR count). The summed E-state index contributed by atoms with van der Waals surface area (Å²) in [4.78, 5) is 16.8. The van der Waals surface area contributed by atoms with Gasteiger partial charge >= 0.3 is 5.97 Å². The van der Waals surface area contributed by atoms with Gasteiger partial charge in [-0.2, -0.15) is 0 Å². The average molecular weight is 276 g/mol. The molecule has 1 aromatic heterocycles. The molecule has 19 heavy (non-hydrogen) atoms. The minimum atomic E-state index is -1.21. The number of carbonyl (C=O) groups is 1. The van der Waals surface area contributed by atoms with Crippen molar-refractivity contribution < 1.29 is 25.2 Å². The van der Waals surface area contributed by atoms with Crippen molar-refractivity contribution >= 4 is 5.97 Å². The molecule has 1 heterocycles. The van der Waals surface area contributed by atoms with Crippen LogP contribution in [-0.2, 0) is 11.2 Å². The molecule has 0 radical (unpaired) electrons. The van der Waals surface area contributed by atoms with Gasteiger partial charge in [0.05, 0.1) is 31.7 Å². The first-order chi connectivity index (χ1) is 8.88. The van der Waals surface area contributed by atoms with Gasteiger partial charge in [0.25, 0.3) is 0 Å². The normalized spacial score (nSPS) is 12.5. The fourth-order valence-corrected chi connectivity index (χ4v) is 0.871. The van der Waals surface area contributed by atoms with Crippen LogP contribution in [0.4, 0.5) is 0 Å². The molecular formula is C10H20N4O5. The SMILES string of the molecule is NC(CO)(CO)CO.NC(Cc1cnc[nH]1)C(=O)O. The molecule has 0 amide bonds. The average Bonchev–Trinajstić information content (AvgIpc) is 2.91. The standard InChI is InChI=1S/C6H9N3O2.C4H11NO3/c7-5(6(10)11)1-4-2-8-3-9-4;5-4(1-6,2-7)3-8/h2-3,5H,1,7H2,(H,8,9)(H,10,11);6-8H,1-3,5H2. The van der Waals surface area contributed by atoms with Crippen molar-refractivity contribution in [2.45, 2.75) is 18.0 Å². The molecule has 0 saturated heterocycles. The molecule has 0 aromatic carbocycles. The highest BCUT2D eigenvalue weighted by Crippen LogP contribution is 1.95. The van der Waals surface area contributed by atoms with E-state index in [1.54, 1.807) is 6.20 Å². The number of hydrogen-bond acceptors (Lipinski definition) is 7. The summed E-state index contributed by atoms with van der Waals surface area (Å²) in [6, 6.07) is -0.851. The third kappa shape index (κ3) is 6.84. The van der Waals surface area contributed by atoms with E-state index in [4.69, 9.17) is 31.9 Å². The molecule has 1 aromatic rings. The van der Waals surface area contributed by atoms with E-state index in [1.807, 2.05) is 0 Å². The number of hydrogen-bond donors (Lipinski definition) is 7. The van der Waals surface area contributed by atoms with E-state index >= 15 is 0 Å². The molecule has 0 fully saturated rings. The molecule has 0 saturated carbocycles. The second kappa shape index (κ2) is 8.56. The Balaban J connectivity index is 0.000000362. The van der Waals surface area contributed by atoms with Crippen molar-refractivity contribution in [3.05, 3.63) is 18.2 Å². The van der Waals surface area contributed by atoms with Crippen LogP contribution < -0.4 is 11.5 Å². The van der Waals surface area contributed by atoms with Gasteiger partial charge in [-0.3, -0.25) is 4.79 Å². The number of aromatic nitrogens is 2. The molecule has 1 atom stereocenters. The maximum Gasteiger partial charge on any atom is 0.320 e. The van der Waals surface area contributed by atoms with Crippen molar-refractivity contribution in [2.75, 3.05) is 19.8 Å². The van der Waals surface area contributed by atoms with Crippen LogP contribution in [0.25, 0.3) is 0 Å². The highest BCUT2D eigenvalue weighted by molar-refractivity contribution is 5.73. The van der Waals surface area contributed by atoms with Gasteiger partial charge in [0.1, 0.15) is 6.04 Å². The fourth-order valence-electron chi connectivity index (χ4n) is 0.871. The number of aliphatic hydroxyl groups excluding tert-OH is 3. The molecular weight excluding hydrogens is 256 g/mol. The lowest BCUT2D eigenvalue weighted by Gasteiger charge is -2.20. The fraction of sp³-hybridized carbons (Fsp3) is 0.600. The van der Waals surface area contributed by atoms with Crippen molar-refractivity contribution in [1.29, 1.82) is 0 Å². The Hall–Kier alpha value is -1.52. The third-order valence-electron chi connectivity index (χ3n) is 2.26. The number of carboxylic acids is 1. The van der Waals surface area contributed by atoms with E-state index in [-0.39, 0.29) is 6.42 Å². The third-order valence-corrected chi connectivity index (χ3v) is 2.26. The number of aliphatic hydroxyl groups is 3. The maximum atomic E-state index is 10.3. The lowest BCUT2D eigenvalue weighted by atomic mass is 10.1. The van der Waals surface area contributed by atoms with Crippen LogP contribution in [0, 0.1) is 0 Å². The first-order valence-electron chi connectivity index (χ1n) is 5.45. The van der Waals surface area contributed by atoms with Gasteiger partial charge in [0, 0.05) is 18.3 Å². The smallest absolute Gasteiger partial charge is 0.320 e. The molecule has 0 aliphatic rings. The van der Waals surface area contributed by atoms with Gasteiger partial charge < -0.3 is 36.9 Å². The lowest BCUT2D eigenvalue weighted by Crippen LogP contribution is -2.50. The summed E-state index contributed by atoms with van der Waals surface area (Å²) in [5, 5.41) is 33.4. The summed E-state index contributed by atoms with van der Waals surface area (Å²) >= 11 is 0. The molecule has 0 spiro atoms. The van der Waals surface area contributed by atoms with Crippen molar-refractivity contribution in [1.82, 2.24) is 9.97 Å². The highest BCUT2D eigenvalue weighted by atomic mass is 16.4. The Kier molecular flexibility index (Phi) is 7.87. The van der Waals surface area contributed by atoms with E-state index < -0.39 is 37.4 Å². The number of imidazole rings is 1. The Labute approximate surface area is 109 Å². The number of H-pyrrole nitrogens is 1. The first-order valence-corrected chi connectivity index (χ1v) is 5.45. The summed E-state index contributed by atoms with van der Waals surface area (Å²) < 4.78 is 0. The van der Waals surface area contributed by atoms with Crippen LogP contribution >= 0.6 is 0 Å². The summed E-state index contributed by atoms with van der Waals surface area (Å²) in [6.45, 7) is -1.21. The monoisotopic (exact) mass is 276 g/mol. The first kappa shape index (κ1) is 17.5. The van der Waals surface area contributed by atoms with Gasteiger partial charge in [0.2, 0.25) is 0 Å². The topological polar surface area (TPSA) is 179 Å². The number of aromatic amines is 1. The van der Waals surface area contributed by atoms with Crippen LogP contribution in [0.5, 0.6) is 0 Å². The number of carboxylic acid groups (broad SMARTS) is 1. The summed E-state index contributed by atoms with van der Waals surface area (Å²) in [7, 11) is 0. The molecule has 0 aliphatic carbocycles. The van der Waals surface area contributed by atoms with Crippen LogP contribution in [-0.4, -0.2) is 67.8 Å². The van der Waals surface area contributed by atoms with Crippen LogP contribution in [0.1, 0.15) is 5.69 Å². The van der Waals surface area contributed by atoms with Crippen molar-refractivity contribution in [3.8, 4) is 0 Å². The molecule has 0 aliphatic heterocycles. The zero-order chi connectivity index (χ0) is 14.9. The van der Waals surface area contributed by atoms with Crippen LogP contribution in [0.15, 0.2) is 12.5 Å². The number of rotatable bonds is 6. The Morgan fingerprint density at radius 2 is 1.89 bits per heavy atom. The molecule has 0 bridgehead atoms. The zero-order valence-corrected chi connectivity index (χ0v) is 10.4. The van der Waals surface area contributed by atoms with Crippen LogP contribution in [0.3, 0.4) is 0 Å². The van der Waals surface area contributed by atoms with Crippen molar-refractivity contribution in [3.63, 3.8) is 0 Å². The molecule has 1 unspecified atom stereocenters. The van der Waals surface area contributed by atoms with Crippen molar-refractivity contribution in [2.24, 2.45) is 11.5 Å². The van der Waals surface area contributed by atoms with E-state index in [0.717, 1.165) is 5.69 Å². The van der Waals surface area contributed by atoms with Crippen LogP contribution in [0.2, 0.25) is 0 Å². The molecule has 9 nitrogen and oxygen atoms in total. The molecule has 110 valence electrons. The Morgan fingerprint density at radius 1 is 1.37 bits per heavy atom. The summed E-state index contributed by atoms with van der Waals surface area (Å²) in [5.74, 6) is -1.00. The number of nitrogens with one attached hydrogen (secondary N) is 1. The second-order valence-electron chi connectivity index (χ2n) is 4.06. The predicted octanol–water partition coefficient (Wildman–Crippen LogP) is -2.98. The van der Waals surface area contributed by atoms with Gasteiger partial charge in [-0.25, -0.2) is 4.98 Å². The molecule has 9 heteroatoms. The second-order valence-corrected chi connectivity index (χ2v) is 4.06. The van der Waals surface area contributed by atoms with Gasteiger partial charge in [-0.15, -0.1) is 0 Å². The van der Waals surface area contributed by atoms with E-state index in [2.05, 4.69) is 9.97 Å². The van der Waals surface area contributed by atoms with Gasteiger partial charge in [0.15, 0.2) is 0 Å². The quantitative estimate of drug-likeness (QED) is 0.287. The van der Waals surface area contributed by atoms with E-state index in [1.165, 1.54) is 6.33 Å². The summed E-state index contributed by atoms with van der Waals surface area (Å²) in [6.07, 6.45) is 3.34. The minimum Gasteiger partial charge on any atom is -0.480 e. The van der Waals surface area contributed by atoms with Gasteiger partial charge in [-0.05, 0) is 0 Å². The van der Waals surface area contributed by atoms with E-state index in [9.17, 15) is 4.79 Å². The number of nitrogens with zero attached hydrogens (tertiary/aromatic N) is 1. The minimum absolute atomic E-state index is 0.287. The zero-order valence-electron chi connectivity index (χ0n) is 10.4. The Morgan fingerprint density at radius 3 is 2.16 bits per heavy atom. The predicted molar refractivity (Wildman–Crippen MR) is 66.1 cm³/mol.